The maximum absolute atomic E-state index is 10.9. The van der Waals surface area contributed by atoms with Gasteiger partial charge in [-0.25, -0.2) is 9.48 Å². The van der Waals surface area contributed by atoms with Gasteiger partial charge in [-0.1, -0.05) is 17.3 Å². The highest BCUT2D eigenvalue weighted by Gasteiger charge is 2.29. The molecule has 8 nitrogen and oxygen atoms in total. The molecule has 3 aromatic rings. The number of carboxylic acids is 1. The molecule has 1 aliphatic heterocycles. The molecule has 1 atom stereocenters. The van der Waals surface area contributed by atoms with Crippen molar-refractivity contribution in [1.29, 1.82) is 0 Å². The smallest absolute Gasteiger partial charge is 0.358 e. The molecule has 1 unspecified atom stereocenters. The first-order valence-electron chi connectivity index (χ1n) is 7.46. The van der Waals surface area contributed by atoms with E-state index in [4.69, 9.17) is 9.52 Å². The fourth-order valence-corrected chi connectivity index (χ4v) is 2.96. The average Bonchev–Trinajstić information content (AvgIpc) is 3.25. The van der Waals surface area contributed by atoms with Crippen LogP contribution in [0.4, 0.5) is 6.01 Å². The van der Waals surface area contributed by atoms with Gasteiger partial charge < -0.3 is 14.4 Å². The van der Waals surface area contributed by atoms with Crippen LogP contribution in [0.5, 0.6) is 0 Å². The van der Waals surface area contributed by atoms with Gasteiger partial charge in [0.15, 0.2) is 11.3 Å². The van der Waals surface area contributed by atoms with Crippen molar-refractivity contribution < 1.29 is 14.3 Å². The van der Waals surface area contributed by atoms with E-state index in [-0.39, 0.29) is 11.7 Å². The van der Waals surface area contributed by atoms with Crippen molar-refractivity contribution in [3.8, 4) is 0 Å². The molecule has 1 saturated heterocycles. The molecule has 3 heterocycles. The molecule has 2 aromatic heterocycles. The predicted octanol–water partition coefficient (Wildman–Crippen LogP) is 1.79. The number of hydrogen-bond donors (Lipinski definition) is 1. The summed E-state index contributed by atoms with van der Waals surface area (Å²) in [7, 11) is 0. The van der Waals surface area contributed by atoms with E-state index in [0.717, 1.165) is 30.5 Å². The summed E-state index contributed by atoms with van der Waals surface area (Å²) in [6.07, 6.45) is 3.45. The fourth-order valence-electron chi connectivity index (χ4n) is 2.96. The summed E-state index contributed by atoms with van der Waals surface area (Å²) in [4.78, 5) is 17.5. The molecule has 0 saturated carbocycles. The number of aromatic carboxylic acids is 1. The van der Waals surface area contributed by atoms with Crippen molar-refractivity contribution in [2.45, 2.75) is 25.4 Å². The van der Waals surface area contributed by atoms with Gasteiger partial charge in [0, 0.05) is 6.54 Å². The quantitative estimate of drug-likeness (QED) is 0.784. The molecule has 1 aromatic carbocycles. The van der Waals surface area contributed by atoms with E-state index in [9.17, 15) is 4.79 Å². The van der Waals surface area contributed by atoms with Crippen LogP contribution in [-0.2, 0) is 6.54 Å². The molecular weight excluding hydrogens is 298 g/mol. The molecule has 0 spiro atoms. The third kappa shape index (κ3) is 2.52. The van der Waals surface area contributed by atoms with Crippen molar-refractivity contribution >= 4 is 23.1 Å². The molecule has 23 heavy (non-hydrogen) atoms. The van der Waals surface area contributed by atoms with Gasteiger partial charge in [-0.3, -0.25) is 0 Å². The van der Waals surface area contributed by atoms with Crippen LogP contribution in [-0.4, -0.2) is 43.6 Å². The van der Waals surface area contributed by atoms with Crippen LogP contribution in [0.3, 0.4) is 0 Å². The summed E-state index contributed by atoms with van der Waals surface area (Å²) in [5.74, 6) is -1.07. The highest BCUT2D eigenvalue weighted by Crippen LogP contribution is 2.28. The molecular formula is C15H15N5O3. The minimum absolute atomic E-state index is 0.0450. The summed E-state index contributed by atoms with van der Waals surface area (Å²) >= 11 is 0. The zero-order valence-electron chi connectivity index (χ0n) is 12.3. The van der Waals surface area contributed by atoms with Crippen LogP contribution in [0, 0.1) is 0 Å². The SMILES string of the molecule is O=C(O)c1cn(CC2CCCN2c2nc3ccccc3o2)nn1. The van der Waals surface area contributed by atoms with E-state index in [1.54, 1.807) is 4.68 Å². The molecule has 0 bridgehead atoms. The third-order valence-corrected chi connectivity index (χ3v) is 4.06. The normalized spacial score (nSPS) is 17.9. The van der Waals surface area contributed by atoms with E-state index in [2.05, 4.69) is 20.2 Å². The van der Waals surface area contributed by atoms with Gasteiger partial charge in [0.25, 0.3) is 6.01 Å². The molecule has 8 heteroatoms. The standard InChI is InChI=1S/C15H15N5O3/c21-14(22)12-9-19(18-17-12)8-10-4-3-7-20(10)15-16-11-5-1-2-6-13(11)23-15/h1-2,5-6,9-10H,3-4,7-8H2,(H,21,22). The zero-order chi connectivity index (χ0) is 15.8. The minimum Gasteiger partial charge on any atom is -0.476 e. The lowest BCUT2D eigenvalue weighted by molar-refractivity contribution is 0.0690. The Hall–Kier alpha value is -2.90. The zero-order valence-corrected chi connectivity index (χ0v) is 12.3. The van der Waals surface area contributed by atoms with Gasteiger partial charge in [-0.15, -0.1) is 5.10 Å². The van der Waals surface area contributed by atoms with Gasteiger partial charge >= 0.3 is 5.97 Å². The molecule has 1 aliphatic rings. The first kappa shape index (κ1) is 13.7. The topological polar surface area (TPSA) is 97.3 Å². The second-order valence-corrected chi connectivity index (χ2v) is 5.58. The summed E-state index contributed by atoms with van der Waals surface area (Å²) in [6.45, 7) is 1.41. The first-order valence-corrected chi connectivity index (χ1v) is 7.46. The number of carbonyl (C=O) groups is 1. The molecule has 1 fully saturated rings. The minimum atomic E-state index is -1.07. The van der Waals surface area contributed by atoms with Crippen molar-refractivity contribution in [3.05, 3.63) is 36.2 Å². The first-order chi connectivity index (χ1) is 11.2. The second kappa shape index (κ2) is 5.38. The highest BCUT2D eigenvalue weighted by molar-refractivity contribution is 5.84. The summed E-state index contributed by atoms with van der Waals surface area (Å²) in [5, 5.41) is 16.4. The Bertz CT molecular complexity index is 823. The largest absolute Gasteiger partial charge is 0.476 e. The Morgan fingerprint density at radius 1 is 1.39 bits per heavy atom. The average molecular weight is 313 g/mol. The molecule has 0 aliphatic carbocycles. The highest BCUT2D eigenvalue weighted by atomic mass is 16.4. The van der Waals surface area contributed by atoms with Crippen molar-refractivity contribution in [3.63, 3.8) is 0 Å². The van der Waals surface area contributed by atoms with E-state index in [1.807, 2.05) is 24.3 Å². The van der Waals surface area contributed by atoms with Crippen molar-refractivity contribution in [1.82, 2.24) is 20.0 Å². The molecule has 0 amide bonds. The van der Waals surface area contributed by atoms with Gasteiger partial charge in [-0.05, 0) is 25.0 Å². The lowest BCUT2D eigenvalue weighted by Gasteiger charge is -2.22. The van der Waals surface area contributed by atoms with Gasteiger partial charge in [0.2, 0.25) is 0 Å². The number of anilines is 1. The number of aromatic nitrogens is 4. The number of benzene rings is 1. The van der Waals surface area contributed by atoms with Crippen LogP contribution < -0.4 is 4.90 Å². The van der Waals surface area contributed by atoms with E-state index in [1.165, 1.54) is 6.20 Å². The van der Waals surface area contributed by atoms with Gasteiger partial charge in [0.1, 0.15) is 5.52 Å². The molecule has 118 valence electrons. The third-order valence-electron chi connectivity index (χ3n) is 4.06. The Kier molecular flexibility index (Phi) is 3.22. The van der Waals surface area contributed by atoms with Crippen molar-refractivity contribution in [2.75, 3.05) is 11.4 Å². The second-order valence-electron chi connectivity index (χ2n) is 5.58. The monoisotopic (exact) mass is 313 g/mol. The van der Waals surface area contributed by atoms with Crippen LogP contribution in [0.1, 0.15) is 23.3 Å². The maximum atomic E-state index is 10.9. The van der Waals surface area contributed by atoms with E-state index < -0.39 is 5.97 Å². The number of nitrogens with zero attached hydrogens (tertiary/aromatic N) is 5. The fraction of sp³-hybridized carbons (Fsp3) is 0.333. The summed E-state index contributed by atoms with van der Waals surface area (Å²) in [6, 6.07) is 8.43. The van der Waals surface area contributed by atoms with Crippen molar-refractivity contribution in [2.24, 2.45) is 0 Å². The predicted molar refractivity (Wildman–Crippen MR) is 81.4 cm³/mol. The number of carboxylic acid groups (broad SMARTS) is 1. The van der Waals surface area contributed by atoms with E-state index >= 15 is 0 Å². The Labute approximate surface area is 131 Å². The number of oxazole rings is 1. The maximum Gasteiger partial charge on any atom is 0.358 e. The van der Waals surface area contributed by atoms with Crippen LogP contribution in [0.25, 0.3) is 11.1 Å². The Morgan fingerprint density at radius 2 is 2.26 bits per heavy atom. The number of rotatable bonds is 4. The summed E-state index contributed by atoms with van der Waals surface area (Å²) < 4.78 is 7.40. The molecule has 4 rings (SSSR count). The van der Waals surface area contributed by atoms with E-state index in [0.29, 0.717) is 12.6 Å². The van der Waals surface area contributed by atoms with Crippen LogP contribution >= 0.6 is 0 Å². The molecule has 1 N–H and O–H groups in total. The Balaban J connectivity index is 1.57. The molecule has 0 radical (unpaired) electrons. The number of para-hydroxylation sites is 2. The summed E-state index contributed by atoms with van der Waals surface area (Å²) in [5.41, 5.74) is 1.56. The van der Waals surface area contributed by atoms with Gasteiger partial charge in [0.05, 0.1) is 18.8 Å². The van der Waals surface area contributed by atoms with Crippen LogP contribution in [0.15, 0.2) is 34.9 Å². The van der Waals surface area contributed by atoms with Crippen LogP contribution in [0.2, 0.25) is 0 Å². The number of hydrogen-bond acceptors (Lipinski definition) is 6. The lowest BCUT2D eigenvalue weighted by Crippen LogP contribution is -2.33. The van der Waals surface area contributed by atoms with Gasteiger partial charge in [-0.2, -0.15) is 4.98 Å². The Morgan fingerprint density at radius 3 is 3.04 bits per heavy atom. The number of fused-ring (bicyclic) bond motifs is 1. The lowest BCUT2D eigenvalue weighted by atomic mass is 10.2.